The highest BCUT2D eigenvalue weighted by Crippen LogP contribution is 2.14. The molecule has 1 N–H and O–H groups in total. The van der Waals surface area contributed by atoms with Gasteiger partial charge in [0.1, 0.15) is 11.5 Å². The molecule has 0 aliphatic heterocycles. The van der Waals surface area contributed by atoms with Crippen LogP contribution in [0.3, 0.4) is 0 Å². The summed E-state index contributed by atoms with van der Waals surface area (Å²) in [5.74, 6) is -0.331. The number of H-pyrrole nitrogens is 1. The second-order valence-corrected chi connectivity index (χ2v) is 4.17. The second-order valence-electron chi connectivity index (χ2n) is 4.17. The number of halogens is 1. The number of aromatic nitrogens is 4. The van der Waals surface area contributed by atoms with Crippen molar-refractivity contribution in [1.82, 2.24) is 20.3 Å². The molecule has 2 aromatic heterocycles. The fourth-order valence-electron chi connectivity index (χ4n) is 1.84. The summed E-state index contributed by atoms with van der Waals surface area (Å²) in [5.41, 5.74) is 1.06. The van der Waals surface area contributed by atoms with Crippen LogP contribution in [0.2, 0.25) is 0 Å². The summed E-state index contributed by atoms with van der Waals surface area (Å²) in [5, 5.41) is 7.02. The van der Waals surface area contributed by atoms with Crippen LogP contribution in [0.25, 0.3) is 11.3 Å². The van der Waals surface area contributed by atoms with Crippen molar-refractivity contribution < 1.29 is 9.02 Å². The molecule has 96 valence electrons. The van der Waals surface area contributed by atoms with Crippen LogP contribution in [0.5, 0.6) is 0 Å². The van der Waals surface area contributed by atoms with Gasteiger partial charge < -0.3 is 0 Å². The summed E-state index contributed by atoms with van der Waals surface area (Å²) in [7, 11) is 0. The molecule has 0 atom stereocenters. The molecule has 7 heteroatoms. The Bertz CT molecular complexity index is 809. The largest absolute Gasteiger partial charge is 0.299 e. The minimum atomic E-state index is -0.427. The molecule has 0 radical (unpaired) electrons. The molecule has 0 unspecified atom stereocenters. The molecule has 0 spiro atoms. The quantitative estimate of drug-likeness (QED) is 0.751. The third kappa shape index (κ3) is 1.99. The fourth-order valence-corrected chi connectivity index (χ4v) is 1.84. The number of hydrogen-bond donors (Lipinski definition) is 1. The highest BCUT2D eigenvalue weighted by molar-refractivity contribution is 5.62. The number of hydrogen-bond acceptors (Lipinski definition) is 5. The zero-order valence-electron chi connectivity index (χ0n) is 9.98. The van der Waals surface area contributed by atoms with Gasteiger partial charge in [0.05, 0.1) is 0 Å². The molecule has 19 heavy (non-hydrogen) atoms. The van der Waals surface area contributed by atoms with Crippen molar-refractivity contribution in [3.05, 3.63) is 51.2 Å². The van der Waals surface area contributed by atoms with E-state index in [0.717, 1.165) is 0 Å². The number of benzene rings is 1. The van der Waals surface area contributed by atoms with Crippen LogP contribution in [0, 0.1) is 12.7 Å². The van der Waals surface area contributed by atoms with Gasteiger partial charge in [-0.25, -0.2) is 14.0 Å². The monoisotopic (exact) mass is 260 g/mol. The van der Waals surface area contributed by atoms with E-state index in [0.29, 0.717) is 11.1 Å². The molecule has 0 aliphatic carbocycles. The number of aryl methyl sites for hydroxylation is 1. The number of nitrogens with one attached hydrogen (secondary N) is 1. The zero-order chi connectivity index (χ0) is 13.4. The fraction of sp³-hybridized carbons (Fsp3) is 0.167. The molecule has 2 heterocycles. The van der Waals surface area contributed by atoms with Crippen molar-refractivity contribution in [2.24, 2.45) is 0 Å². The molecule has 3 rings (SSSR count). The van der Waals surface area contributed by atoms with E-state index >= 15 is 0 Å². The molecule has 0 saturated carbocycles. The molecule has 0 saturated heterocycles. The Morgan fingerprint density at radius 2 is 2.21 bits per heavy atom. The summed E-state index contributed by atoms with van der Waals surface area (Å²) in [4.78, 5) is 18.3. The molecule has 0 aliphatic rings. The first-order chi connectivity index (χ1) is 9.15. The van der Waals surface area contributed by atoms with E-state index in [4.69, 9.17) is 0 Å². The van der Waals surface area contributed by atoms with E-state index in [9.17, 15) is 9.18 Å². The summed E-state index contributed by atoms with van der Waals surface area (Å²) < 4.78 is 18.3. The van der Waals surface area contributed by atoms with Crippen LogP contribution < -0.4 is 5.56 Å². The number of nitrogens with zero attached hydrogens (tertiary/aromatic N) is 3. The third-order valence-electron chi connectivity index (χ3n) is 2.84. The lowest BCUT2D eigenvalue weighted by atomic mass is 10.1. The van der Waals surface area contributed by atoms with Crippen LogP contribution >= 0.6 is 0 Å². The van der Waals surface area contributed by atoms with Crippen LogP contribution in [0.1, 0.15) is 16.8 Å². The minimum Gasteiger partial charge on any atom is -0.299 e. The van der Waals surface area contributed by atoms with E-state index in [1.54, 1.807) is 25.1 Å². The Balaban J connectivity index is 2.07. The summed E-state index contributed by atoms with van der Waals surface area (Å²) >= 11 is 0. The molecule has 1 aromatic carbocycles. The predicted molar refractivity (Wildman–Crippen MR) is 64.2 cm³/mol. The zero-order valence-corrected chi connectivity index (χ0v) is 9.98. The van der Waals surface area contributed by atoms with Crippen LogP contribution in [0.4, 0.5) is 4.39 Å². The molecule has 0 bridgehead atoms. The molecule has 3 aromatic rings. The maximum absolute atomic E-state index is 13.9. The Kier molecular flexibility index (Phi) is 2.59. The van der Waals surface area contributed by atoms with Crippen molar-refractivity contribution >= 4 is 11.3 Å². The molecule has 0 fully saturated rings. The van der Waals surface area contributed by atoms with Crippen molar-refractivity contribution in [2.45, 2.75) is 13.3 Å². The van der Waals surface area contributed by atoms with E-state index in [1.165, 1.54) is 0 Å². The molecular weight excluding hydrogens is 251 g/mol. The van der Waals surface area contributed by atoms with Crippen molar-refractivity contribution in [1.29, 1.82) is 0 Å². The van der Waals surface area contributed by atoms with Crippen molar-refractivity contribution in [2.75, 3.05) is 0 Å². The summed E-state index contributed by atoms with van der Waals surface area (Å²) in [6.45, 7) is 1.67. The SMILES string of the molecule is Cc1cccc(Cc2nc3nonc3[nH]c2=O)c1F. The van der Waals surface area contributed by atoms with Gasteiger partial charge in [-0.05, 0) is 28.4 Å². The van der Waals surface area contributed by atoms with E-state index in [2.05, 4.69) is 24.9 Å². The second kappa shape index (κ2) is 4.27. The topological polar surface area (TPSA) is 84.7 Å². The van der Waals surface area contributed by atoms with Gasteiger partial charge in [0.2, 0.25) is 11.3 Å². The average molecular weight is 260 g/mol. The van der Waals surface area contributed by atoms with Gasteiger partial charge in [-0.15, -0.1) is 0 Å². The van der Waals surface area contributed by atoms with Crippen LogP contribution in [-0.2, 0) is 6.42 Å². The number of rotatable bonds is 2. The van der Waals surface area contributed by atoms with E-state index in [1.807, 2.05) is 0 Å². The van der Waals surface area contributed by atoms with Gasteiger partial charge >= 0.3 is 0 Å². The first-order valence-electron chi connectivity index (χ1n) is 5.60. The van der Waals surface area contributed by atoms with E-state index in [-0.39, 0.29) is 29.2 Å². The maximum atomic E-state index is 13.9. The normalized spacial score (nSPS) is 11.1. The lowest BCUT2D eigenvalue weighted by Crippen LogP contribution is -2.16. The predicted octanol–water partition coefficient (Wildman–Crippen LogP) is 1.34. The van der Waals surface area contributed by atoms with Gasteiger partial charge in [0.15, 0.2) is 0 Å². The molecule has 0 amide bonds. The van der Waals surface area contributed by atoms with Crippen molar-refractivity contribution in [3.8, 4) is 0 Å². The third-order valence-corrected chi connectivity index (χ3v) is 2.84. The van der Waals surface area contributed by atoms with Gasteiger partial charge in [-0.3, -0.25) is 9.78 Å². The summed E-state index contributed by atoms with van der Waals surface area (Å²) in [6.07, 6.45) is 0.0889. The Morgan fingerprint density at radius 3 is 3.05 bits per heavy atom. The Hall–Kier alpha value is -2.57. The number of fused-ring (bicyclic) bond motifs is 1. The Labute approximate surface area is 106 Å². The smallest absolute Gasteiger partial charge is 0.271 e. The van der Waals surface area contributed by atoms with Crippen LogP contribution in [-0.4, -0.2) is 20.3 Å². The van der Waals surface area contributed by atoms with E-state index < -0.39 is 5.56 Å². The summed E-state index contributed by atoms with van der Waals surface area (Å²) in [6, 6.07) is 5.02. The van der Waals surface area contributed by atoms with Crippen molar-refractivity contribution in [3.63, 3.8) is 0 Å². The highest BCUT2D eigenvalue weighted by Gasteiger charge is 2.12. The van der Waals surface area contributed by atoms with Crippen LogP contribution in [0.15, 0.2) is 27.6 Å². The first kappa shape index (κ1) is 11.5. The number of aromatic amines is 1. The van der Waals surface area contributed by atoms with Gasteiger partial charge in [-0.2, -0.15) is 0 Å². The standard InChI is InChI=1S/C12H9FN4O2/c1-6-3-2-4-7(9(6)13)5-8-12(18)15-11-10(14-8)16-19-17-11/h2-4H,5H2,1H3,(H,15,17,18). The molecular formula is C12H9FN4O2. The van der Waals surface area contributed by atoms with Gasteiger partial charge in [0, 0.05) is 6.42 Å². The Morgan fingerprint density at radius 1 is 1.37 bits per heavy atom. The lowest BCUT2D eigenvalue weighted by molar-refractivity contribution is 0.314. The minimum absolute atomic E-state index is 0.0889. The highest BCUT2D eigenvalue weighted by atomic mass is 19.1. The average Bonchev–Trinajstić information content (AvgIpc) is 2.82. The molecule has 6 nitrogen and oxygen atoms in total. The maximum Gasteiger partial charge on any atom is 0.271 e. The first-order valence-corrected chi connectivity index (χ1v) is 5.60. The van der Waals surface area contributed by atoms with Gasteiger partial charge in [-0.1, -0.05) is 18.2 Å². The lowest BCUT2D eigenvalue weighted by Gasteiger charge is -2.04. The van der Waals surface area contributed by atoms with Gasteiger partial charge in [0.25, 0.3) is 5.56 Å².